The van der Waals surface area contributed by atoms with Gasteiger partial charge in [-0.1, -0.05) is 30.3 Å². The highest BCUT2D eigenvalue weighted by Gasteiger charge is 2.46. The van der Waals surface area contributed by atoms with Crippen molar-refractivity contribution in [1.82, 2.24) is 24.7 Å². The highest BCUT2D eigenvalue weighted by Crippen LogP contribution is 2.34. The third-order valence-electron chi connectivity index (χ3n) is 7.43. The monoisotopic (exact) mass is 567 g/mol. The molecular formula is C28H24F3N5O5. The minimum absolute atomic E-state index is 0.0321. The average molecular weight is 568 g/mol. The van der Waals surface area contributed by atoms with E-state index in [0.717, 1.165) is 22.2 Å². The van der Waals surface area contributed by atoms with Gasteiger partial charge in [0, 0.05) is 32.3 Å². The Labute approximate surface area is 231 Å². The number of halogens is 3. The number of carbonyl (C=O) groups is 4. The van der Waals surface area contributed by atoms with E-state index in [4.69, 9.17) is 4.74 Å². The summed E-state index contributed by atoms with van der Waals surface area (Å²) in [6.07, 6.45) is -3.32. The normalized spacial score (nSPS) is 19.3. The van der Waals surface area contributed by atoms with Crippen LogP contribution in [-0.2, 0) is 42.0 Å². The zero-order valence-electron chi connectivity index (χ0n) is 21.6. The summed E-state index contributed by atoms with van der Waals surface area (Å²) in [7, 11) is 0. The molecule has 6 rings (SSSR count). The number of benzene rings is 2. The van der Waals surface area contributed by atoms with Crippen LogP contribution < -0.4 is 10.1 Å². The Morgan fingerprint density at radius 1 is 0.976 bits per heavy atom. The standard InChI is InChI=1S/C28H24F3N5O5/c29-28(30,31)21-13-35-11-10-34(14-22(35)32-21)12-16-4-6-17(7-5-16)15-41-20-3-1-2-18-24(20)27(40)36(26(18)39)19-8-9-23(37)33-25(19)38/h1-7,13,19H,8-12,14-15H2,(H,33,37,38). The number of alkyl halides is 3. The third-order valence-corrected chi connectivity index (χ3v) is 7.43. The van der Waals surface area contributed by atoms with Crippen LogP contribution in [-0.4, -0.2) is 55.6 Å². The molecule has 10 nitrogen and oxygen atoms in total. The molecule has 0 aliphatic carbocycles. The summed E-state index contributed by atoms with van der Waals surface area (Å²) in [4.78, 5) is 56.7. The predicted molar refractivity (Wildman–Crippen MR) is 135 cm³/mol. The number of fused-ring (bicyclic) bond motifs is 2. The van der Waals surface area contributed by atoms with Crippen molar-refractivity contribution in [2.75, 3.05) is 6.54 Å². The number of nitrogens with one attached hydrogen (secondary N) is 1. The molecule has 1 atom stereocenters. The van der Waals surface area contributed by atoms with Crippen molar-refractivity contribution in [3.8, 4) is 5.75 Å². The SMILES string of the molecule is O=C1CCC(N2C(=O)c3cccc(OCc4ccc(CN5CCn6cc(C(F)(F)F)nc6C5)cc4)c3C2=O)C(=O)N1. The van der Waals surface area contributed by atoms with Crippen molar-refractivity contribution in [1.29, 1.82) is 0 Å². The molecule has 4 heterocycles. The molecule has 0 saturated carbocycles. The van der Waals surface area contributed by atoms with Gasteiger partial charge in [0.15, 0.2) is 5.69 Å². The molecular weight excluding hydrogens is 543 g/mol. The first kappa shape index (κ1) is 26.7. The van der Waals surface area contributed by atoms with Gasteiger partial charge in [0.1, 0.15) is 24.2 Å². The van der Waals surface area contributed by atoms with Crippen LogP contribution in [0.15, 0.2) is 48.7 Å². The van der Waals surface area contributed by atoms with Crippen LogP contribution in [0, 0.1) is 0 Å². The molecule has 1 fully saturated rings. The van der Waals surface area contributed by atoms with Crippen LogP contribution in [0.1, 0.15) is 56.2 Å². The molecule has 0 radical (unpaired) electrons. The molecule has 3 aliphatic heterocycles. The lowest BCUT2D eigenvalue weighted by Gasteiger charge is -2.27. The first-order valence-corrected chi connectivity index (χ1v) is 13.0. The first-order valence-electron chi connectivity index (χ1n) is 13.0. The van der Waals surface area contributed by atoms with Gasteiger partial charge < -0.3 is 9.30 Å². The number of rotatable bonds is 6. The largest absolute Gasteiger partial charge is 0.488 e. The fourth-order valence-electron chi connectivity index (χ4n) is 5.34. The Bertz CT molecular complexity index is 1570. The van der Waals surface area contributed by atoms with Gasteiger partial charge in [0.05, 0.1) is 17.7 Å². The minimum atomic E-state index is -4.47. The molecule has 1 N–H and O–H groups in total. The van der Waals surface area contributed by atoms with Crippen molar-refractivity contribution >= 4 is 23.6 Å². The van der Waals surface area contributed by atoms with E-state index in [-0.39, 0.29) is 36.3 Å². The molecule has 4 amide bonds. The number of nitrogens with zero attached hydrogens (tertiary/aromatic N) is 4. The van der Waals surface area contributed by atoms with Gasteiger partial charge in [-0.25, -0.2) is 4.98 Å². The van der Waals surface area contributed by atoms with Gasteiger partial charge in [-0.2, -0.15) is 13.2 Å². The lowest BCUT2D eigenvalue weighted by molar-refractivity contribution is -0.141. The lowest BCUT2D eigenvalue weighted by atomic mass is 10.0. The second-order valence-corrected chi connectivity index (χ2v) is 10.2. The van der Waals surface area contributed by atoms with Crippen molar-refractivity contribution < 1.29 is 37.1 Å². The quantitative estimate of drug-likeness (QED) is 0.456. The van der Waals surface area contributed by atoms with Gasteiger partial charge in [-0.15, -0.1) is 0 Å². The zero-order valence-corrected chi connectivity index (χ0v) is 21.6. The summed E-state index contributed by atoms with van der Waals surface area (Å²) in [5.74, 6) is -1.78. The van der Waals surface area contributed by atoms with Crippen LogP contribution in [0.4, 0.5) is 13.2 Å². The third kappa shape index (κ3) is 5.08. The number of amides is 4. The Hall–Kier alpha value is -4.52. The molecule has 0 spiro atoms. The maximum Gasteiger partial charge on any atom is 0.434 e. The maximum absolute atomic E-state index is 13.2. The van der Waals surface area contributed by atoms with E-state index in [9.17, 15) is 32.3 Å². The van der Waals surface area contributed by atoms with Crippen LogP contribution >= 0.6 is 0 Å². The van der Waals surface area contributed by atoms with Crippen LogP contribution in [0.3, 0.4) is 0 Å². The van der Waals surface area contributed by atoms with E-state index in [1.807, 2.05) is 29.2 Å². The van der Waals surface area contributed by atoms with E-state index >= 15 is 0 Å². The molecule has 212 valence electrons. The molecule has 13 heteroatoms. The van der Waals surface area contributed by atoms with Crippen molar-refractivity contribution in [3.63, 3.8) is 0 Å². The Kier molecular flexibility index (Phi) is 6.60. The summed E-state index contributed by atoms with van der Waals surface area (Å²) < 4.78 is 46.4. The lowest BCUT2D eigenvalue weighted by Crippen LogP contribution is -2.54. The van der Waals surface area contributed by atoms with Gasteiger partial charge in [-0.3, -0.25) is 34.3 Å². The summed E-state index contributed by atoms with van der Waals surface area (Å²) >= 11 is 0. The number of ether oxygens (including phenoxy) is 1. The Morgan fingerprint density at radius 3 is 2.46 bits per heavy atom. The zero-order chi connectivity index (χ0) is 28.9. The van der Waals surface area contributed by atoms with E-state index in [2.05, 4.69) is 10.3 Å². The summed E-state index contributed by atoms with van der Waals surface area (Å²) in [6.45, 7) is 1.97. The summed E-state index contributed by atoms with van der Waals surface area (Å²) in [6, 6.07) is 11.1. The second kappa shape index (κ2) is 10.1. The number of piperidine rings is 1. The average Bonchev–Trinajstić information content (AvgIpc) is 3.48. The van der Waals surface area contributed by atoms with Crippen LogP contribution in [0.25, 0.3) is 0 Å². The number of hydrogen-bond donors (Lipinski definition) is 1. The number of hydrogen-bond acceptors (Lipinski definition) is 7. The Balaban J connectivity index is 1.09. The maximum atomic E-state index is 13.2. The van der Waals surface area contributed by atoms with E-state index in [0.29, 0.717) is 32.0 Å². The molecule has 3 aromatic rings. The van der Waals surface area contributed by atoms with Crippen molar-refractivity contribution in [3.05, 3.63) is 82.4 Å². The molecule has 1 saturated heterocycles. The fourth-order valence-corrected chi connectivity index (χ4v) is 5.34. The highest BCUT2D eigenvalue weighted by atomic mass is 19.4. The van der Waals surface area contributed by atoms with Gasteiger partial charge in [0.2, 0.25) is 11.8 Å². The minimum Gasteiger partial charge on any atom is -0.488 e. The molecule has 1 unspecified atom stereocenters. The van der Waals surface area contributed by atoms with Crippen molar-refractivity contribution in [2.24, 2.45) is 0 Å². The van der Waals surface area contributed by atoms with Crippen LogP contribution in [0.5, 0.6) is 5.75 Å². The smallest absolute Gasteiger partial charge is 0.434 e. The molecule has 2 aromatic carbocycles. The molecule has 0 bridgehead atoms. The van der Waals surface area contributed by atoms with E-state index in [1.54, 1.807) is 16.7 Å². The number of aromatic nitrogens is 2. The number of imide groups is 2. The highest BCUT2D eigenvalue weighted by molar-refractivity contribution is 6.24. The predicted octanol–water partition coefficient (Wildman–Crippen LogP) is 2.90. The fraction of sp³-hybridized carbons (Fsp3) is 0.321. The first-order chi connectivity index (χ1) is 19.6. The topological polar surface area (TPSA) is 114 Å². The molecule has 1 aromatic heterocycles. The van der Waals surface area contributed by atoms with Crippen LogP contribution in [0.2, 0.25) is 0 Å². The summed E-state index contributed by atoms with van der Waals surface area (Å²) in [5.41, 5.74) is 1.10. The second-order valence-electron chi connectivity index (χ2n) is 10.2. The summed E-state index contributed by atoms with van der Waals surface area (Å²) in [5, 5.41) is 2.17. The van der Waals surface area contributed by atoms with Crippen molar-refractivity contribution in [2.45, 2.75) is 51.3 Å². The Morgan fingerprint density at radius 2 is 1.73 bits per heavy atom. The van der Waals surface area contributed by atoms with Gasteiger partial charge in [0.25, 0.3) is 11.8 Å². The van der Waals surface area contributed by atoms with E-state index < -0.39 is 41.5 Å². The molecule has 41 heavy (non-hydrogen) atoms. The molecule has 3 aliphatic rings. The number of imidazole rings is 1. The van der Waals surface area contributed by atoms with E-state index in [1.165, 1.54) is 6.07 Å². The van der Waals surface area contributed by atoms with Gasteiger partial charge >= 0.3 is 6.18 Å². The van der Waals surface area contributed by atoms with Gasteiger partial charge in [-0.05, 0) is 29.7 Å². The number of carbonyl (C=O) groups excluding carboxylic acids is 4.